The van der Waals surface area contributed by atoms with Crippen LogP contribution in [-0.2, 0) is 9.84 Å². The van der Waals surface area contributed by atoms with Crippen LogP contribution in [0, 0.1) is 5.82 Å². The molecule has 2 aromatic rings. The molecule has 0 radical (unpaired) electrons. The molecule has 3 heterocycles. The van der Waals surface area contributed by atoms with Gasteiger partial charge >= 0.3 is 0 Å². The molecule has 1 aromatic carbocycles. The van der Waals surface area contributed by atoms with Gasteiger partial charge in [-0.05, 0) is 25.8 Å². The van der Waals surface area contributed by atoms with Gasteiger partial charge in [-0.25, -0.2) is 27.8 Å². The molecule has 0 N–H and O–H groups in total. The molecule has 9 heteroatoms. The number of aliphatic imine (C=N–C) groups is 1. The van der Waals surface area contributed by atoms with Crippen molar-refractivity contribution >= 4 is 27.1 Å². The summed E-state index contributed by atoms with van der Waals surface area (Å²) in [4.78, 5) is 14.9. The Kier molecular flexibility index (Phi) is 3.74. The van der Waals surface area contributed by atoms with Crippen LogP contribution in [0.1, 0.15) is 31.0 Å². The summed E-state index contributed by atoms with van der Waals surface area (Å²) in [5.41, 5.74) is 2.39. The van der Waals surface area contributed by atoms with Gasteiger partial charge in [0.15, 0.2) is 21.4 Å². The predicted molar refractivity (Wildman–Crippen MR) is 103 cm³/mol. The van der Waals surface area contributed by atoms with E-state index in [1.165, 1.54) is 12.4 Å². The van der Waals surface area contributed by atoms with Crippen LogP contribution in [0.3, 0.4) is 0 Å². The summed E-state index contributed by atoms with van der Waals surface area (Å²) >= 11 is 0. The molecular weight excluding hydrogens is 383 g/mol. The van der Waals surface area contributed by atoms with Gasteiger partial charge in [0, 0.05) is 30.8 Å². The van der Waals surface area contributed by atoms with Gasteiger partial charge in [0.2, 0.25) is 0 Å². The molecule has 0 unspecified atom stereocenters. The van der Waals surface area contributed by atoms with Crippen molar-refractivity contribution < 1.29 is 17.5 Å². The molecule has 146 valence electrons. The Labute approximate surface area is 162 Å². The first-order valence-electron chi connectivity index (χ1n) is 9.21. The van der Waals surface area contributed by atoms with Crippen LogP contribution in [0.5, 0.6) is 5.75 Å². The Morgan fingerprint density at radius 3 is 2.61 bits per heavy atom. The summed E-state index contributed by atoms with van der Waals surface area (Å²) in [5.74, 6) is 0.735. The van der Waals surface area contributed by atoms with E-state index in [0.29, 0.717) is 36.0 Å². The lowest BCUT2D eigenvalue weighted by atomic mass is 9.98. The Hall–Kier alpha value is -2.55. The Bertz CT molecular complexity index is 1100. The second-order valence-corrected chi connectivity index (χ2v) is 10.0. The first-order valence-corrected chi connectivity index (χ1v) is 11.0. The summed E-state index contributed by atoms with van der Waals surface area (Å²) < 4.78 is 43.3. The second-order valence-electron chi connectivity index (χ2n) is 7.71. The zero-order chi connectivity index (χ0) is 19.5. The van der Waals surface area contributed by atoms with E-state index in [0.717, 1.165) is 18.4 Å². The van der Waals surface area contributed by atoms with Crippen LogP contribution in [0.2, 0.25) is 0 Å². The molecule has 1 saturated carbocycles. The van der Waals surface area contributed by atoms with E-state index in [4.69, 9.17) is 4.74 Å². The van der Waals surface area contributed by atoms with Crippen LogP contribution < -0.4 is 9.64 Å². The molecule has 1 aliphatic carbocycles. The third kappa shape index (κ3) is 3.13. The summed E-state index contributed by atoms with van der Waals surface area (Å²) in [5, 5.41) is 0. The molecule has 3 aliphatic rings. The lowest BCUT2D eigenvalue weighted by Crippen LogP contribution is -2.40. The third-order valence-corrected chi connectivity index (χ3v) is 7.02. The fourth-order valence-corrected chi connectivity index (χ4v) is 4.56. The number of nitrogens with zero attached hydrogens (tertiary/aromatic N) is 4. The van der Waals surface area contributed by atoms with Crippen molar-refractivity contribution in [2.24, 2.45) is 4.99 Å². The fourth-order valence-electron chi connectivity index (χ4n) is 3.36. The minimum Gasteiger partial charge on any atom is -0.484 e. The number of ether oxygens (including phenoxy) is 1. The second kappa shape index (κ2) is 5.97. The van der Waals surface area contributed by atoms with E-state index in [2.05, 4.69) is 15.0 Å². The molecule has 0 spiro atoms. The SMILES string of the molecule is CC1(Oc2cc3c(cc2F)N=C3c2cc(N3CCS(=O)(=O)CC3)ncn2)CC1. The van der Waals surface area contributed by atoms with E-state index in [1.807, 2.05) is 11.8 Å². The van der Waals surface area contributed by atoms with Crippen LogP contribution in [0.15, 0.2) is 29.5 Å². The highest BCUT2D eigenvalue weighted by molar-refractivity contribution is 7.91. The van der Waals surface area contributed by atoms with Crippen molar-refractivity contribution in [3.63, 3.8) is 0 Å². The monoisotopic (exact) mass is 402 g/mol. The molecule has 2 aliphatic heterocycles. The highest BCUT2D eigenvalue weighted by atomic mass is 32.2. The molecule has 0 amide bonds. The number of sulfone groups is 1. The van der Waals surface area contributed by atoms with Crippen LogP contribution in [0.4, 0.5) is 15.9 Å². The smallest absolute Gasteiger partial charge is 0.167 e. The number of halogens is 1. The molecule has 0 bridgehead atoms. The van der Waals surface area contributed by atoms with Gasteiger partial charge in [0.1, 0.15) is 17.7 Å². The van der Waals surface area contributed by atoms with E-state index in [1.54, 1.807) is 12.1 Å². The van der Waals surface area contributed by atoms with Gasteiger partial charge in [-0.15, -0.1) is 0 Å². The summed E-state index contributed by atoms with van der Waals surface area (Å²) in [6, 6.07) is 4.87. The Morgan fingerprint density at radius 1 is 1.14 bits per heavy atom. The number of benzene rings is 1. The highest BCUT2D eigenvalue weighted by Gasteiger charge is 2.41. The number of fused-ring (bicyclic) bond motifs is 1. The van der Waals surface area contributed by atoms with E-state index < -0.39 is 15.7 Å². The standard InChI is InChI=1S/C19H19FN4O3S/c1-19(2-3-19)27-16-8-12-14(9-13(16)20)23-18(12)15-10-17(22-11-21-15)24-4-6-28(25,26)7-5-24/h8-11H,2-7H2,1H3. The molecule has 5 rings (SSSR count). The van der Waals surface area contributed by atoms with Crippen LogP contribution in [-0.4, -0.2) is 54.3 Å². The topological polar surface area (TPSA) is 84.8 Å². The van der Waals surface area contributed by atoms with Crippen molar-refractivity contribution in [3.8, 4) is 5.75 Å². The molecular formula is C19H19FN4O3S. The van der Waals surface area contributed by atoms with Crippen molar-refractivity contribution in [2.45, 2.75) is 25.4 Å². The van der Waals surface area contributed by atoms with E-state index in [9.17, 15) is 12.8 Å². The maximum absolute atomic E-state index is 14.2. The lowest BCUT2D eigenvalue weighted by Gasteiger charge is -2.28. The van der Waals surface area contributed by atoms with Gasteiger partial charge in [0.25, 0.3) is 0 Å². The maximum Gasteiger partial charge on any atom is 0.167 e. The lowest BCUT2D eigenvalue weighted by molar-refractivity contribution is 0.191. The molecule has 7 nitrogen and oxygen atoms in total. The Balaban J connectivity index is 1.40. The zero-order valence-electron chi connectivity index (χ0n) is 15.4. The largest absolute Gasteiger partial charge is 0.484 e. The van der Waals surface area contributed by atoms with Gasteiger partial charge in [-0.2, -0.15) is 0 Å². The van der Waals surface area contributed by atoms with Crippen LogP contribution in [0.25, 0.3) is 0 Å². The van der Waals surface area contributed by atoms with E-state index >= 15 is 0 Å². The number of hydrogen-bond acceptors (Lipinski definition) is 7. The minimum atomic E-state index is -2.96. The third-order valence-electron chi connectivity index (χ3n) is 5.41. The van der Waals surface area contributed by atoms with Crippen molar-refractivity contribution in [1.82, 2.24) is 9.97 Å². The normalized spacial score (nSPS) is 21.4. The van der Waals surface area contributed by atoms with Crippen LogP contribution >= 0.6 is 0 Å². The summed E-state index contributed by atoms with van der Waals surface area (Å²) in [6.45, 7) is 2.78. The molecule has 28 heavy (non-hydrogen) atoms. The average molecular weight is 402 g/mol. The van der Waals surface area contributed by atoms with Gasteiger partial charge < -0.3 is 9.64 Å². The first kappa shape index (κ1) is 17.5. The van der Waals surface area contributed by atoms with Gasteiger partial charge in [-0.3, -0.25) is 0 Å². The van der Waals surface area contributed by atoms with Crippen molar-refractivity contribution in [2.75, 3.05) is 29.5 Å². The van der Waals surface area contributed by atoms with Gasteiger partial charge in [0.05, 0.1) is 28.6 Å². The average Bonchev–Trinajstić information content (AvgIpc) is 3.37. The minimum absolute atomic E-state index is 0.120. The number of aromatic nitrogens is 2. The first-order chi connectivity index (χ1) is 13.3. The maximum atomic E-state index is 14.2. The molecule has 2 fully saturated rings. The molecule has 1 saturated heterocycles. The molecule has 1 aromatic heterocycles. The molecule has 0 atom stereocenters. The summed E-state index contributed by atoms with van der Waals surface area (Å²) in [7, 11) is -2.96. The number of anilines is 1. The number of hydrogen-bond donors (Lipinski definition) is 0. The highest BCUT2D eigenvalue weighted by Crippen LogP contribution is 2.43. The van der Waals surface area contributed by atoms with Crippen molar-refractivity contribution in [3.05, 3.63) is 41.6 Å². The quantitative estimate of drug-likeness (QED) is 0.666. The predicted octanol–water partition coefficient (Wildman–Crippen LogP) is 2.26. The van der Waals surface area contributed by atoms with Gasteiger partial charge in [-0.1, -0.05) is 0 Å². The summed E-state index contributed by atoms with van der Waals surface area (Å²) in [6.07, 6.45) is 3.29. The van der Waals surface area contributed by atoms with Crippen molar-refractivity contribution in [1.29, 1.82) is 0 Å². The Morgan fingerprint density at radius 2 is 1.89 bits per heavy atom. The number of rotatable bonds is 4. The fraction of sp³-hybridized carbons (Fsp3) is 0.421. The van der Waals surface area contributed by atoms with E-state index in [-0.39, 0.29) is 22.9 Å². The zero-order valence-corrected chi connectivity index (χ0v) is 16.2.